The lowest BCUT2D eigenvalue weighted by molar-refractivity contribution is -0.139. The van der Waals surface area contributed by atoms with Gasteiger partial charge in [-0.25, -0.2) is 0 Å². The van der Waals surface area contributed by atoms with Crippen molar-refractivity contribution in [1.29, 1.82) is 0 Å². The molecule has 1 atom stereocenters. The van der Waals surface area contributed by atoms with Crippen LogP contribution in [-0.4, -0.2) is 41.0 Å². The highest BCUT2D eigenvalue weighted by Gasteiger charge is 2.30. The number of carboxylic acids is 1. The third-order valence-corrected chi connectivity index (χ3v) is 2.68. The number of primary amides is 1. The van der Waals surface area contributed by atoms with Crippen molar-refractivity contribution in [2.45, 2.75) is 32.2 Å². The number of carbonyl (C=O) groups is 2. The second-order valence-electron chi connectivity index (χ2n) is 4.09. The summed E-state index contributed by atoms with van der Waals surface area (Å²) in [6.45, 7) is 2.42. The summed E-state index contributed by atoms with van der Waals surface area (Å²) in [5.41, 5.74) is 5.25. The number of hydrogen-bond donors (Lipinski definition) is 2. The Morgan fingerprint density at radius 3 is 2.47 bits per heavy atom. The van der Waals surface area contributed by atoms with Crippen molar-refractivity contribution in [2.75, 3.05) is 13.1 Å². The van der Waals surface area contributed by atoms with Gasteiger partial charge in [0, 0.05) is 6.54 Å². The predicted molar refractivity (Wildman–Crippen MR) is 55.2 cm³/mol. The monoisotopic (exact) mass is 214 g/mol. The van der Waals surface area contributed by atoms with Crippen LogP contribution in [0.4, 0.5) is 0 Å². The van der Waals surface area contributed by atoms with Crippen molar-refractivity contribution in [1.82, 2.24) is 4.90 Å². The molecule has 0 radical (unpaired) electrons. The lowest BCUT2D eigenvalue weighted by atomic mass is 10.1. The number of nitrogens with two attached hydrogens (primary N) is 1. The van der Waals surface area contributed by atoms with E-state index in [2.05, 4.69) is 0 Å². The molecule has 86 valence electrons. The molecular weight excluding hydrogens is 196 g/mol. The molecule has 3 N–H and O–H groups in total. The third-order valence-electron chi connectivity index (χ3n) is 2.68. The number of carboxylic acid groups (broad SMARTS) is 1. The molecule has 0 aromatic heterocycles. The van der Waals surface area contributed by atoms with Crippen molar-refractivity contribution in [2.24, 2.45) is 11.7 Å². The number of hydrogen-bond acceptors (Lipinski definition) is 3. The van der Waals surface area contributed by atoms with Gasteiger partial charge in [-0.1, -0.05) is 6.92 Å². The van der Waals surface area contributed by atoms with Gasteiger partial charge in [0.15, 0.2) is 0 Å². The third kappa shape index (κ3) is 3.87. The van der Waals surface area contributed by atoms with Crippen molar-refractivity contribution >= 4 is 11.9 Å². The molecule has 5 heteroatoms. The van der Waals surface area contributed by atoms with Crippen molar-refractivity contribution in [3.05, 3.63) is 0 Å². The van der Waals surface area contributed by atoms with E-state index in [9.17, 15) is 9.59 Å². The maximum absolute atomic E-state index is 11.1. The van der Waals surface area contributed by atoms with Crippen LogP contribution in [-0.2, 0) is 9.59 Å². The van der Waals surface area contributed by atoms with Crippen molar-refractivity contribution in [3.8, 4) is 0 Å². The maximum atomic E-state index is 11.1. The van der Waals surface area contributed by atoms with E-state index in [0.29, 0.717) is 18.9 Å². The SMILES string of the molecule is CCC(C(N)=O)N(CC(=O)O)CC1CC1. The van der Waals surface area contributed by atoms with Gasteiger partial charge in [-0.3, -0.25) is 14.5 Å². The molecule has 1 rings (SSSR count). The summed E-state index contributed by atoms with van der Waals surface area (Å²) in [6, 6.07) is -0.443. The minimum atomic E-state index is -0.907. The Balaban J connectivity index is 2.58. The summed E-state index contributed by atoms with van der Waals surface area (Å²) in [4.78, 5) is 23.5. The van der Waals surface area contributed by atoms with E-state index in [1.54, 1.807) is 4.90 Å². The first-order valence-corrected chi connectivity index (χ1v) is 5.29. The molecule has 1 saturated carbocycles. The smallest absolute Gasteiger partial charge is 0.317 e. The summed E-state index contributed by atoms with van der Waals surface area (Å²) in [6.07, 6.45) is 2.83. The minimum Gasteiger partial charge on any atom is -0.480 e. The van der Waals surface area contributed by atoms with Crippen LogP contribution in [0.25, 0.3) is 0 Å². The van der Waals surface area contributed by atoms with E-state index < -0.39 is 17.9 Å². The zero-order valence-electron chi connectivity index (χ0n) is 8.98. The van der Waals surface area contributed by atoms with Gasteiger partial charge in [-0.05, 0) is 25.2 Å². The van der Waals surface area contributed by atoms with Crippen LogP contribution >= 0.6 is 0 Å². The average Bonchev–Trinajstić information content (AvgIpc) is 2.87. The normalized spacial score (nSPS) is 17.7. The Labute approximate surface area is 89.2 Å². The standard InChI is InChI=1S/C10H18N2O3/c1-2-8(10(11)15)12(6-9(13)14)5-7-3-4-7/h7-8H,2-6H2,1H3,(H2,11,15)(H,13,14). The van der Waals surface area contributed by atoms with Gasteiger partial charge in [0.05, 0.1) is 12.6 Å². The van der Waals surface area contributed by atoms with Crippen LogP contribution in [0.15, 0.2) is 0 Å². The van der Waals surface area contributed by atoms with E-state index in [1.807, 2.05) is 6.92 Å². The Bertz CT molecular complexity index is 251. The summed E-state index contributed by atoms with van der Waals surface area (Å²) < 4.78 is 0. The highest BCUT2D eigenvalue weighted by molar-refractivity contribution is 5.80. The summed E-state index contributed by atoms with van der Waals surface area (Å²) in [5.74, 6) is -0.785. The fraction of sp³-hybridized carbons (Fsp3) is 0.800. The van der Waals surface area contributed by atoms with Gasteiger partial charge < -0.3 is 10.8 Å². The van der Waals surface area contributed by atoms with Crippen molar-refractivity contribution < 1.29 is 14.7 Å². The fourth-order valence-electron chi connectivity index (χ4n) is 1.75. The molecular formula is C10H18N2O3. The quantitative estimate of drug-likeness (QED) is 0.627. The number of carbonyl (C=O) groups excluding carboxylic acids is 1. The molecule has 0 spiro atoms. The first-order chi connectivity index (χ1) is 7.04. The van der Waals surface area contributed by atoms with Crippen LogP contribution in [0.1, 0.15) is 26.2 Å². The first-order valence-electron chi connectivity index (χ1n) is 5.29. The van der Waals surface area contributed by atoms with Gasteiger partial charge in [-0.2, -0.15) is 0 Å². The van der Waals surface area contributed by atoms with E-state index >= 15 is 0 Å². The molecule has 0 bridgehead atoms. The lowest BCUT2D eigenvalue weighted by Gasteiger charge is -2.27. The van der Waals surface area contributed by atoms with Crippen LogP contribution in [0, 0.1) is 5.92 Å². The molecule has 1 unspecified atom stereocenters. The molecule has 0 aliphatic heterocycles. The molecule has 0 aromatic rings. The zero-order valence-corrected chi connectivity index (χ0v) is 8.98. The van der Waals surface area contributed by atoms with E-state index in [-0.39, 0.29) is 6.54 Å². The molecule has 15 heavy (non-hydrogen) atoms. The van der Waals surface area contributed by atoms with Crippen LogP contribution < -0.4 is 5.73 Å². The highest BCUT2D eigenvalue weighted by Crippen LogP contribution is 2.30. The first kappa shape index (κ1) is 12.0. The van der Waals surface area contributed by atoms with Gasteiger partial charge >= 0.3 is 5.97 Å². The van der Waals surface area contributed by atoms with E-state index in [1.165, 1.54) is 0 Å². The molecule has 5 nitrogen and oxygen atoms in total. The van der Waals surface area contributed by atoms with Crippen LogP contribution in [0.3, 0.4) is 0 Å². The van der Waals surface area contributed by atoms with Crippen molar-refractivity contribution in [3.63, 3.8) is 0 Å². The minimum absolute atomic E-state index is 0.0993. The molecule has 0 heterocycles. The summed E-state index contributed by atoms with van der Waals surface area (Å²) in [5, 5.41) is 8.75. The number of aliphatic carboxylic acids is 1. The fourth-order valence-corrected chi connectivity index (χ4v) is 1.75. The molecule has 0 aromatic carbocycles. The molecule has 1 fully saturated rings. The predicted octanol–water partition coefficient (Wildman–Crippen LogP) is 0.0469. The van der Waals surface area contributed by atoms with Gasteiger partial charge in [-0.15, -0.1) is 0 Å². The van der Waals surface area contributed by atoms with Gasteiger partial charge in [0.25, 0.3) is 0 Å². The number of amides is 1. The Morgan fingerprint density at radius 2 is 2.13 bits per heavy atom. The lowest BCUT2D eigenvalue weighted by Crippen LogP contribution is -2.47. The molecule has 1 amide bonds. The Kier molecular flexibility index (Phi) is 4.08. The average molecular weight is 214 g/mol. The second kappa shape index (κ2) is 5.11. The molecule has 0 saturated heterocycles. The van der Waals surface area contributed by atoms with Gasteiger partial charge in [0.1, 0.15) is 0 Å². The molecule has 1 aliphatic rings. The van der Waals surface area contributed by atoms with Crippen LogP contribution in [0.2, 0.25) is 0 Å². The number of rotatable bonds is 7. The largest absolute Gasteiger partial charge is 0.480 e. The summed E-state index contributed by atoms with van der Waals surface area (Å²) in [7, 11) is 0. The number of nitrogens with zero attached hydrogens (tertiary/aromatic N) is 1. The van der Waals surface area contributed by atoms with Gasteiger partial charge in [0.2, 0.25) is 5.91 Å². The Morgan fingerprint density at radius 1 is 1.53 bits per heavy atom. The molecule has 1 aliphatic carbocycles. The van der Waals surface area contributed by atoms with Crippen LogP contribution in [0.5, 0.6) is 0 Å². The van der Waals surface area contributed by atoms with E-state index in [4.69, 9.17) is 10.8 Å². The topological polar surface area (TPSA) is 83.6 Å². The Hall–Kier alpha value is -1.10. The maximum Gasteiger partial charge on any atom is 0.317 e. The zero-order chi connectivity index (χ0) is 11.4. The summed E-state index contributed by atoms with van der Waals surface area (Å²) >= 11 is 0. The van der Waals surface area contributed by atoms with E-state index in [0.717, 1.165) is 12.8 Å². The highest BCUT2D eigenvalue weighted by atomic mass is 16.4. The second-order valence-corrected chi connectivity index (χ2v) is 4.09.